The molecule has 9 nitrogen and oxygen atoms in total. The highest BCUT2D eigenvalue weighted by Gasteiger charge is 2.46. The van der Waals surface area contributed by atoms with Crippen LogP contribution < -0.4 is 4.74 Å². The number of nitrogens with one attached hydrogen (secondary N) is 1. The van der Waals surface area contributed by atoms with Crippen LogP contribution in [0.2, 0.25) is 0 Å². The van der Waals surface area contributed by atoms with Gasteiger partial charge in [0.05, 0.1) is 10.5 Å². The minimum absolute atomic E-state index is 0.00837. The summed E-state index contributed by atoms with van der Waals surface area (Å²) < 4.78 is 5.27. The molecule has 2 heterocycles. The molecule has 0 fully saturated rings. The van der Waals surface area contributed by atoms with Crippen LogP contribution in [0, 0.1) is 23.0 Å². The number of esters is 1. The Bertz CT molecular complexity index is 1140. The largest absolute Gasteiger partial charge is 0.507 e. The first-order valence-corrected chi connectivity index (χ1v) is 8.71. The van der Waals surface area contributed by atoms with E-state index >= 15 is 0 Å². The first-order chi connectivity index (χ1) is 13.9. The molecule has 29 heavy (non-hydrogen) atoms. The van der Waals surface area contributed by atoms with Crippen molar-refractivity contribution >= 4 is 17.4 Å². The number of para-hydroxylation sites is 1. The van der Waals surface area contributed by atoms with Crippen LogP contribution in [0.25, 0.3) is 0 Å². The highest BCUT2D eigenvalue weighted by atomic mass is 16.6. The Labute approximate surface area is 164 Å². The fourth-order valence-corrected chi connectivity index (χ4v) is 3.59. The van der Waals surface area contributed by atoms with Crippen LogP contribution in [0.4, 0.5) is 5.69 Å². The number of phenols is 1. The van der Waals surface area contributed by atoms with Gasteiger partial charge in [0, 0.05) is 29.3 Å². The van der Waals surface area contributed by atoms with Gasteiger partial charge < -0.3 is 9.84 Å². The van der Waals surface area contributed by atoms with E-state index in [1.54, 1.807) is 19.1 Å². The molecule has 0 amide bonds. The number of benzene rings is 2. The molecule has 1 aromatic heterocycles. The van der Waals surface area contributed by atoms with Gasteiger partial charge in [-0.05, 0) is 24.6 Å². The summed E-state index contributed by atoms with van der Waals surface area (Å²) in [5, 5.41) is 27.8. The van der Waals surface area contributed by atoms with E-state index in [-0.39, 0.29) is 22.9 Å². The number of ether oxygens (including phenoxy) is 1. The number of H-pyrrole nitrogens is 1. The van der Waals surface area contributed by atoms with Crippen molar-refractivity contribution in [3.05, 3.63) is 81.0 Å². The second kappa shape index (κ2) is 6.86. The SMILES string of the molecule is Cc1[nH]nc2c1C(c1ccc([N+](=O)[O-])cc1)C(C(=O)c1ccccc1O)C(=O)O2. The summed E-state index contributed by atoms with van der Waals surface area (Å²) in [6.07, 6.45) is 0. The zero-order valence-electron chi connectivity index (χ0n) is 15.2. The number of nitro groups is 1. The van der Waals surface area contributed by atoms with Crippen LogP contribution in [0.1, 0.15) is 33.1 Å². The Kier molecular flexibility index (Phi) is 4.34. The van der Waals surface area contributed by atoms with Crippen LogP contribution in [-0.4, -0.2) is 32.0 Å². The lowest BCUT2D eigenvalue weighted by Gasteiger charge is -2.29. The van der Waals surface area contributed by atoms with Crippen molar-refractivity contribution in [1.82, 2.24) is 10.2 Å². The molecule has 0 spiro atoms. The fraction of sp³-hybridized carbons (Fsp3) is 0.150. The number of carbonyl (C=O) groups excluding carboxylic acids is 2. The highest BCUT2D eigenvalue weighted by molar-refractivity contribution is 6.12. The van der Waals surface area contributed by atoms with Crippen LogP contribution >= 0.6 is 0 Å². The van der Waals surface area contributed by atoms with Crippen molar-refractivity contribution in [1.29, 1.82) is 0 Å². The minimum atomic E-state index is -1.28. The van der Waals surface area contributed by atoms with E-state index < -0.39 is 28.5 Å². The summed E-state index contributed by atoms with van der Waals surface area (Å²) in [6.45, 7) is 1.73. The molecule has 0 saturated carbocycles. The molecule has 0 bridgehead atoms. The average Bonchev–Trinajstić information content (AvgIpc) is 3.07. The molecule has 1 aliphatic heterocycles. The quantitative estimate of drug-likeness (QED) is 0.229. The van der Waals surface area contributed by atoms with Crippen molar-refractivity contribution in [2.75, 3.05) is 0 Å². The molecule has 3 aromatic rings. The summed E-state index contributed by atoms with van der Waals surface area (Å²) in [5.41, 5.74) is 1.52. The molecular formula is C20H15N3O6. The second-order valence-electron chi connectivity index (χ2n) is 6.67. The van der Waals surface area contributed by atoms with Gasteiger partial charge in [-0.15, -0.1) is 5.10 Å². The number of phenolic OH excluding ortho intramolecular Hbond substituents is 1. The Balaban J connectivity index is 1.87. The number of aryl methyl sites for hydroxylation is 1. The Morgan fingerprint density at radius 3 is 2.55 bits per heavy atom. The fourth-order valence-electron chi connectivity index (χ4n) is 3.59. The molecule has 2 atom stereocenters. The number of Topliss-reactive ketones (excluding diaryl/α,β-unsaturated/α-hetero) is 1. The van der Waals surface area contributed by atoms with E-state index in [1.165, 1.54) is 36.4 Å². The van der Waals surface area contributed by atoms with Crippen molar-refractivity contribution < 1.29 is 24.4 Å². The van der Waals surface area contributed by atoms with Crippen LogP contribution in [0.5, 0.6) is 11.6 Å². The van der Waals surface area contributed by atoms with Crippen molar-refractivity contribution in [3.63, 3.8) is 0 Å². The summed E-state index contributed by atoms with van der Waals surface area (Å²) >= 11 is 0. The molecule has 1 aliphatic rings. The average molecular weight is 393 g/mol. The van der Waals surface area contributed by atoms with E-state index in [2.05, 4.69) is 10.2 Å². The van der Waals surface area contributed by atoms with Crippen molar-refractivity contribution in [2.45, 2.75) is 12.8 Å². The number of fused-ring (bicyclic) bond motifs is 1. The van der Waals surface area contributed by atoms with Crippen molar-refractivity contribution in [3.8, 4) is 11.6 Å². The number of aromatic amines is 1. The molecule has 2 aromatic carbocycles. The number of nitrogens with zero attached hydrogens (tertiary/aromatic N) is 2. The maximum atomic E-state index is 13.2. The molecule has 9 heteroatoms. The third-order valence-corrected chi connectivity index (χ3v) is 4.97. The maximum Gasteiger partial charge on any atom is 0.324 e. The van der Waals surface area contributed by atoms with Gasteiger partial charge in [0.1, 0.15) is 11.7 Å². The number of rotatable bonds is 4. The molecule has 146 valence electrons. The van der Waals surface area contributed by atoms with Crippen LogP contribution in [0.3, 0.4) is 0 Å². The summed E-state index contributed by atoms with van der Waals surface area (Å²) in [6, 6.07) is 11.6. The van der Waals surface area contributed by atoms with E-state index in [0.29, 0.717) is 16.8 Å². The number of hydrogen-bond donors (Lipinski definition) is 2. The molecule has 4 rings (SSSR count). The van der Waals surface area contributed by atoms with Crippen LogP contribution in [-0.2, 0) is 4.79 Å². The maximum absolute atomic E-state index is 13.2. The molecule has 2 unspecified atom stereocenters. The first kappa shape index (κ1) is 18.4. The van der Waals surface area contributed by atoms with Gasteiger partial charge in [0.2, 0.25) is 5.88 Å². The number of aromatic hydroxyl groups is 1. The van der Waals surface area contributed by atoms with Gasteiger partial charge in [-0.25, -0.2) is 0 Å². The monoisotopic (exact) mass is 393 g/mol. The lowest BCUT2D eigenvalue weighted by Crippen LogP contribution is -2.38. The number of non-ortho nitro benzene ring substituents is 1. The van der Waals surface area contributed by atoms with Crippen molar-refractivity contribution in [2.24, 2.45) is 5.92 Å². The smallest absolute Gasteiger partial charge is 0.324 e. The number of aromatic nitrogens is 2. The number of hydrogen-bond acceptors (Lipinski definition) is 7. The van der Waals surface area contributed by atoms with E-state index in [0.717, 1.165) is 0 Å². The van der Waals surface area contributed by atoms with E-state index in [1.807, 2.05) is 0 Å². The van der Waals surface area contributed by atoms with Gasteiger partial charge in [-0.1, -0.05) is 24.3 Å². The van der Waals surface area contributed by atoms with Gasteiger partial charge in [0.25, 0.3) is 5.69 Å². The summed E-state index contributed by atoms with van der Waals surface area (Å²) in [4.78, 5) is 36.4. The molecule has 0 radical (unpaired) electrons. The number of carbonyl (C=O) groups is 2. The predicted octanol–water partition coefficient (Wildman–Crippen LogP) is 2.88. The Morgan fingerprint density at radius 1 is 1.21 bits per heavy atom. The molecule has 0 saturated heterocycles. The standard InChI is InChI=1S/C20H15N3O6/c1-10-15-16(11-6-8-12(9-7-11)23(27)28)17(20(26)29-19(15)22-21-10)18(25)13-4-2-3-5-14(13)24/h2-9,16-17,24H,1H3,(H,21,22). The lowest BCUT2D eigenvalue weighted by molar-refractivity contribution is -0.384. The molecule has 2 N–H and O–H groups in total. The minimum Gasteiger partial charge on any atom is -0.507 e. The third kappa shape index (κ3) is 3.02. The third-order valence-electron chi connectivity index (χ3n) is 4.97. The lowest BCUT2D eigenvalue weighted by atomic mass is 9.75. The Hall–Kier alpha value is -4.01. The number of nitro benzene ring substituents is 1. The zero-order chi connectivity index (χ0) is 20.7. The summed E-state index contributed by atoms with van der Waals surface area (Å²) in [7, 11) is 0. The van der Waals surface area contributed by atoms with Gasteiger partial charge in [-0.3, -0.25) is 24.8 Å². The first-order valence-electron chi connectivity index (χ1n) is 8.71. The molecule has 0 aliphatic carbocycles. The van der Waals surface area contributed by atoms with E-state index in [9.17, 15) is 24.8 Å². The normalized spacial score (nSPS) is 18.0. The van der Waals surface area contributed by atoms with Gasteiger partial charge >= 0.3 is 5.97 Å². The second-order valence-corrected chi connectivity index (χ2v) is 6.67. The summed E-state index contributed by atoms with van der Waals surface area (Å²) in [5.74, 6) is -3.66. The topological polar surface area (TPSA) is 135 Å². The predicted molar refractivity (Wildman–Crippen MR) is 99.8 cm³/mol. The van der Waals surface area contributed by atoms with Crippen LogP contribution in [0.15, 0.2) is 48.5 Å². The van der Waals surface area contributed by atoms with Gasteiger partial charge in [-0.2, -0.15) is 0 Å². The zero-order valence-corrected chi connectivity index (χ0v) is 15.2. The molecular weight excluding hydrogens is 378 g/mol. The highest BCUT2D eigenvalue weighted by Crippen LogP contribution is 2.44. The Morgan fingerprint density at radius 2 is 1.90 bits per heavy atom. The van der Waals surface area contributed by atoms with E-state index in [4.69, 9.17) is 4.74 Å². The number of ketones is 1. The van der Waals surface area contributed by atoms with Gasteiger partial charge in [0.15, 0.2) is 5.78 Å².